The Kier molecular flexibility index (Phi) is 6.32. The van der Waals surface area contributed by atoms with Crippen LogP contribution in [0.2, 0.25) is 0 Å². The predicted octanol–water partition coefficient (Wildman–Crippen LogP) is 2.44. The molecule has 3 N–H and O–H groups in total. The van der Waals surface area contributed by atoms with Crippen molar-refractivity contribution in [2.75, 3.05) is 6.54 Å². The summed E-state index contributed by atoms with van der Waals surface area (Å²) in [4.78, 5) is 11.4. The highest BCUT2D eigenvalue weighted by molar-refractivity contribution is 5.67. The maximum Gasteiger partial charge on any atom is 0.407 e. The summed E-state index contributed by atoms with van der Waals surface area (Å²) in [5, 5.41) is 22.5. The number of nitrogens with one attached hydrogen (secondary N) is 1. The number of aliphatic hydroxyl groups excluding tert-OH is 2. The number of halogens is 1. The topological polar surface area (TPSA) is 78.8 Å². The van der Waals surface area contributed by atoms with Gasteiger partial charge in [-0.05, 0) is 57.4 Å². The predicted molar refractivity (Wildman–Crippen MR) is 81.0 cm³/mol. The van der Waals surface area contributed by atoms with Gasteiger partial charge in [-0.1, -0.05) is 6.07 Å². The quantitative estimate of drug-likeness (QED) is 0.780. The molecule has 1 rings (SSSR count). The molecule has 6 heteroatoms. The van der Waals surface area contributed by atoms with Crippen molar-refractivity contribution in [1.82, 2.24) is 5.32 Å². The Morgan fingerprint density at radius 2 is 1.95 bits per heavy atom. The second-order valence-corrected chi connectivity index (χ2v) is 6.29. The molecule has 0 aliphatic heterocycles. The maximum absolute atomic E-state index is 13.3. The van der Waals surface area contributed by atoms with Gasteiger partial charge in [0.2, 0.25) is 0 Å². The molecular formula is C16H24FNO4. The van der Waals surface area contributed by atoms with Crippen molar-refractivity contribution in [3.05, 3.63) is 35.1 Å². The first-order chi connectivity index (χ1) is 10.1. The fraction of sp³-hybridized carbons (Fsp3) is 0.562. The molecule has 5 nitrogen and oxygen atoms in total. The Bertz CT molecular complexity index is 493. The Balaban J connectivity index is 2.48. The minimum atomic E-state index is -1.21. The molecule has 0 heterocycles. The first-order valence-electron chi connectivity index (χ1n) is 7.18. The van der Waals surface area contributed by atoms with E-state index in [2.05, 4.69) is 5.32 Å². The highest BCUT2D eigenvalue weighted by Crippen LogP contribution is 2.21. The Labute approximate surface area is 130 Å². The van der Waals surface area contributed by atoms with E-state index in [1.807, 2.05) is 0 Å². The number of ether oxygens (including phenoxy) is 1. The van der Waals surface area contributed by atoms with E-state index in [-0.39, 0.29) is 13.0 Å². The van der Waals surface area contributed by atoms with Crippen LogP contribution in [0.25, 0.3) is 0 Å². The number of alkyl carbamates (subject to hydrolysis) is 1. The van der Waals surface area contributed by atoms with Crippen molar-refractivity contribution >= 4 is 6.09 Å². The van der Waals surface area contributed by atoms with E-state index < -0.39 is 29.7 Å². The van der Waals surface area contributed by atoms with Crippen molar-refractivity contribution < 1.29 is 24.1 Å². The van der Waals surface area contributed by atoms with Crippen molar-refractivity contribution in [3.63, 3.8) is 0 Å². The Morgan fingerprint density at radius 3 is 2.50 bits per heavy atom. The highest BCUT2D eigenvalue weighted by atomic mass is 19.1. The number of carbonyl (C=O) groups excluding carboxylic acids is 1. The van der Waals surface area contributed by atoms with Crippen LogP contribution in [0.15, 0.2) is 18.2 Å². The second kappa shape index (κ2) is 7.56. The lowest BCUT2D eigenvalue weighted by molar-refractivity contribution is 0.0121. The number of aliphatic hydroxyl groups is 2. The molecule has 0 spiro atoms. The zero-order valence-electron chi connectivity index (χ0n) is 13.4. The molecule has 2 unspecified atom stereocenters. The van der Waals surface area contributed by atoms with E-state index in [0.717, 1.165) is 0 Å². The Hall–Kier alpha value is -1.66. The molecule has 124 valence electrons. The monoisotopic (exact) mass is 313 g/mol. The summed E-state index contributed by atoms with van der Waals surface area (Å²) in [6.45, 7) is 7.09. The normalized spacial score (nSPS) is 14.3. The van der Waals surface area contributed by atoms with Gasteiger partial charge in [0.1, 0.15) is 17.5 Å². The molecular weight excluding hydrogens is 289 g/mol. The number of benzene rings is 1. The lowest BCUT2D eigenvalue weighted by Crippen LogP contribution is -2.34. The molecule has 0 aliphatic carbocycles. The van der Waals surface area contributed by atoms with E-state index in [1.165, 1.54) is 12.1 Å². The number of hydrogen-bond acceptors (Lipinski definition) is 4. The molecule has 0 radical (unpaired) electrons. The van der Waals surface area contributed by atoms with E-state index in [0.29, 0.717) is 11.1 Å². The summed E-state index contributed by atoms with van der Waals surface area (Å²) in [6, 6.07) is 4.13. The van der Waals surface area contributed by atoms with Crippen LogP contribution in [0.5, 0.6) is 0 Å². The van der Waals surface area contributed by atoms with Crippen LogP contribution in [0.1, 0.15) is 44.4 Å². The van der Waals surface area contributed by atoms with Crippen molar-refractivity contribution in [3.8, 4) is 0 Å². The van der Waals surface area contributed by atoms with Gasteiger partial charge in [-0.3, -0.25) is 0 Å². The summed E-state index contributed by atoms with van der Waals surface area (Å²) >= 11 is 0. The number of carbonyl (C=O) groups is 1. The number of rotatable bonds is 5. The molecule has 0 aliphatic rings. The third-order valence-electron chi connectivity index (χ3n) is 2.88. The summed E-state index contributed by atoms with van der Waals surface area (Å²) in [7, 11) is 0. The van der Waals surface area contributed by atoms with Crippen LogP contribution in [0.4, 0.5) is 9.18 Å². The van der Waals surface area contributed by atoms with E-state index >= 15 is 0 Å². The van der Waals surface area contributed by atoms with Crippen molar-refractivity contribution in [2.24, 2.45) is 0 Å². The smallest absolute Gasteiger partial charge is 0.407 e. The van der Waals surface area contributed by atoms with E-state index in [4.69, 9.17) is 4.74 Å². The summed E-state index contributed by atoms with van der Waals surface area (Å²) in [5.41, 5.74) is 0.372. The summed E-state index contributed by atoms with van der Waals surface area (Å²) < 4.78 is 18.4. The van der Waals surface area contributed by atoms with Crippen LogP contribution in [0, 0.1) is 12.7 Å². The maximum atomic E-state index is 13.3. The summed E-state index contributed by atoms with van der Waals surface area (Å²) in [5.74, 6) is -0.465. The molecule has 2 atom stereocenters. The lowest BCUT2D eigenvalue weighted by atomic mass is 10.0. The van der Waals surface area contributed by atoms with Gasteiger partial charge >= 0.3 is 6.09 Å². The zero-order chi connectivity index (χ0) is 16.9. The van der Waals surface area contributed by atoms with Gasteiger partial charge in [0.15, 0.2) is 0 Å². The molecule has 1 amide bonds. The average molecular weight is 313 g/mol. The number of hydrogen-bond donors (Lipinski definition) is 3. The first-order valence-corrected chi connectivity index (χ1v) is 7.18. The van der Waals surface area contributed by atoms with Gasteiger partial charge < -0.3 is 20.3 Å². The SMILES string of the molecule is Cc1cc(F)cc(C(O)C(O)CCNC(=O)OC(C)(C)C)c1. The highest BCUT2D eigenvalue weighted by Gasteiger charge is 2.20. The average Bonchev–Trinajstić information content (AvgIpc) is 2.34. The lowest BCUT2D eigenvalue weighted by Gasteiger charge is -2.21. The van der Waals surface area contributed by atoms with Gasteiger partial charge in [0, 0.05) is 6.54 Å². The third-order valence-corrected chi connectivity index (χ3v) is 2.88. The van der Waals surface area contributed by atoms with Crippen LogP contribution in [0.3, 0.4) is 0 Å². The largest absolute Gasteiger partial charge is 0.444 e. The second-order valence-electron chi connectivity index (χ2n) is 6.29. The standard InChI is InChI=1S/C16H24FNO4/c1-10-7-11(9-12(17)8-10)14(20)13(19)5-6-18-15(21)22-16(2,3)4/h7-9,13-14,19-20H,5-6H2,1-4H3,(H,18,21). The minimum absolute atomic E-state index is 0.121. The molecule has 22 heavy (non-hydrogen) atoms. The van der Waals surface area contributed by atoms with Crippen molar-refractivity contribution in [1.29, 1.82) is 0 Å². The molecule has 0 saturated carbocycles. The first kappa shape index (κ1) is 18.4. The molecule has 0 aromatic heterocycles. The number of amides is 1. The van der Waals surface area contributed by atoms with Crippen LogP contribution in [-0.4, -0.2) is 34.6 Å². The van der Waals surface area contributed by atoms with Gasteiger partial charge in [0.25, 0.3) is 0 Å². The van der Waals surface area contributed by atoms with E-state index in [9.17, 15) is 19.4 Å². The molecule has 0 bridgehead atoms. The zero-order valence-corrected chi connectivity index (χ0v) is 13.4. The number of aryl methyl sites for hydroxylation is 1. The molecule has 1 aromatic rings. The summed E-state index contributed by atoms with van der Waals surface area (Å²) in [6.07, 6.45) is -2.79. The van der Waals surface area contributed by atoms with Crippen LogP contribution >= 0.6 is 0 Å². The van der Waals surface area contributed by atoms with Gasteiger partial charge in [-0.15, -0.1) is 0 Å². The molecule has 1 aromatic carbocycles. The fourth-order valence-corrected chi connectivity index (χ4v) is 1.95. The molecule has 0 fully saturated rings. The van der Waals surface area contributed by atoms with Crippen LogP contribution < -0.4 is 5.32 Å². The third kappa shape index (κ3) is 6.41. The molecule has 0 saturated heterocycles. The van der Waals surface area contributed by atoms with Gasteiger partial charge in [0.05, 0.1) is 6.10 Å². The Morgan fingerprint density at radius 1 is 1.32 bits per heavy atom. The van der Waals surface area contributed by atoms with E-state index in [1.54, 1.807) is 33.8 Å². The van der Waals surface area contributed by atoms with Crippen molar-refractivity contribution in [2.45, 2.75) is 51.9 Å². The fourth-order valence-electron chi connectivity index (χ4n) is 1.95. The van der Waals surface area contributed by atoms with Gasteiger partial charge in [-0.2, -0.15) is 0 Å². The minimum Gasteiger partial charge on any atom is -0.444 e. The van der Waals surface area contributed by atoms with Crippen LogP contribution in [-0.2, 0) is 4.74 Å². The van der Waals surface area contributed by atoms with Gasteiger partial charge in [-0.25, -0.2) is 9.18 Å².